The molecule has 0 fully saturated rings. The Morgan fingerprint density at radius 3 is 2.74 bits per heavy atom. The molecular weight excluding hydrogens is 284 g/mol. The van der Waals surface area contributed by atoms with Crippen molar-refractivity contribution in [3.63, 3.8) is 0 Å². The van der Waals surface area contributed by atoms with Gasteiger partial charge in [-0.1, -0.05) is 0 Å². The van der Waals surface area contributed by atoms with Gasteiger partial charge in [-0.15, -0.1) is 11.3 Å². The van der Waals surface area contributed by atoms with Crippen molar-refractivity contribution in [2.45, 2.75) is 13.8 Å². The minimum Gasteiger partial charge on any atom is -0.420 e. The number of aryl methyl sites for hydroxylation is 3. The van der Waals surface area contributed by atoms with E-state index in [1.165, 1.54) is 0 Å². The van der Waals surface area contributed by atoms with Crippen LogP contribution in [0.25, 0.3) is 10.2 Å². The highest BCUT2D eigenvalue weighted by Crippen LogP contribution is 2.33. The monoisotopic (exact) mass is 294 g/mol. The maximum absolute atomic E-state index is 5.93. The molecule has 0 amide bonds. The topological polar surface area (TPSA) is 52.8 Å². The highest BCUT2D eigenvalue weighted by molar-refractivity contribution is 7.18. The fourth-order valence-corrected chi connectivity index (χ4v) is 2.93. The third kappa shape index (κ3) is 2.29. The molecule has 0 radical (unpaired) electrons. The zero-order valence-corrected chi connectivity index (χ0v) is 12.2. The molecule has 7 heteroatoms. The van der Waals surface area contributed by atoms with Gasteiger partial charge in [0.1, 0.15) is 4.83 Å². The molecule has 0 saturated heterocycles. The summed E-state index contributed by atoms with van der Waals surface area (Å²) < 4.78 is 7.47. The molecule has 0 aliphatic carbocycles. The molecule has 5 nitrogen and oxygen atoms in total. The summed E-state index contributed by atoms with van der Waals surface area (Å²) in [5.41, 5.74) is 0.885. The first-order valence-electron chi connectivity index (χ1n) is 5.65. The Labute approximate surface area is 118 Å². The van der Waals surface area contributed by atoms with Crippen molar-refractivity contribution < 1.29 is 4.74 Å². The lowest BCUT2D eigenvalue weighted by Gasteiger charge is -2.05. The van der Waals surface area contributed by atoms with Crippen molar-refractivity contribution in [3.8, 4) is 11.8 Å². The lowest BCUT2D eigenvalue weighted by Crippen LogP contribution is -1.97. The lowest BCUT2D eigenvalue weighted by atomic mass is 10.3. The van der Waals surface area contributed by atoms with Crippen molar-refractivity contribution >= 4 is 33.2 Å². The van der Waals surface area contributed by atoms with Crippen LogP contribution in [-0.2, 0) is 7.05 Å². The van der Waals surface area contributed by atoms with Crippen LogP contribution >= 0.6 is 22.9 Å². The fraction of sp³-hybridized carbons (Fsp3) is 0.250. The van der Waals surface area contributed by atoms with Gasteiger partial charge in [0.25, 0.3) is 0 Å². The second-order valence-electron chi connectivity index (χ2n) is 4.22. The first-order valence-corrected chi connectivity index (χ1v) is 6.84. The molecule has 19 heavy (non-hydrogen) atoms. The average Bonchev–Trinajstić information content (AvgIpc) is 2.81. The van der Waals surface area contributed by atoms with Crippen LogP contribution < -0.4 is 4.74 Å². The van der Waals surface area contributed by atoms with E-state index in [-0.39, 0.29) is 5.28 Å². The van der Waals surface area contributed by atoms with Crippen molar-refractivity contribution in [2.75, 3.05) is 0 Å². The minimum absolute atomic E-state index is 0.184. The highest BCUT2D eigenvalue weighted by Gasteiger charge is 2.13. The van der Waals surface area contributed by atoms with Gasteiger partial charge in [-0.25, -0.2) is 9.67 Å². The van der Waals surface area contributed by atoms with Crippen molar-refractivity contribution in [2.24, 2.45) is 7.05 Å². The van der Waals surface area contributed by atoms with Crippen LogP contribution in [0, 0.1) is 13.8 Å². The van der Waals surface area contributed by atoms with Gasteiger partial charge in [-0.3, -0.25) is 0 Å². The second-order valence-corrected chi connectivity index (χ2v) is 5.80. The maximum atomic E-state index is 5.93. The number of ether oxygens (including phenoxy) is 1. The van der Waals surface area contributed by atoms with Crippen LogP contribution in [0.2, 0.25) is 5.28 Å². The van der Waals surface area contributed by atoms with Gasteiger partial charge in [0.15, 0.2) is 0 Å². The number of thiophene rings is 1. The van der Waals surface area contributed by atoms with E-state index < -0.39 is 0 Å². The summed E-state index contributed by atoms with van der Waals surface area (Å²) in [5, 5.41) is 5.28. The Kier molecular flexibility index (Phi) is 2.91. The minimum atomic E-state index is 0.184. The standard InChI is InChI=1S/C12H11ClN4OS/c1-6-4-9(17(3)16-6)18-10-8-5-7(2)19-11(8)15-12(13)14-10/h4-5H,1-3H3. The Morgan fingerprint density at radius 1 is 1.26 bits per heavy atom. The van der Waals surface area contributed by atoms with Crippen LogP contribution in [-0.4, -0.2) is 19.7 Å². The molecule has 0 aliphatic rings. The lowest BCUT2D eigenvalue weighted by molar-refractivity contribution is 0.420. The molecule has 0 aliphatic heterocycles. The van der Waals surface area contributed by atoms with Crippen LogP contribution in [0.4, 0.5) is 0 Å². The normalized spacial score (nSPS) is 11.2. The Hall–Kier alpha value is -1.66. The molecule has 3 heterocycles. The predicted octanol–water partition coefficient (Wildman–Crippen LogP) is 3.49. The molecule has 3 rings (SSSR count). The van der Waals surface area contributed by atoms with Crippen LogP contribution in [0.1, 0.15) is 10.6 Å². The molecule has 0 spiro atoms. The van der Waals surface area contributed by atoms with Gasteiger partial charge >= 0.3 is 0 Å². The van der Waals surface area contributed by atoms with Crippen molar-refractivity contribution in [1.82, 2.24) is 19.7 Å². The van der Waals surface area contributed by atoms with Crippen molar-refractivity contribution in [1.29, 1.82) is 0 Å². The van der Waals surface area contributed by atoms with E-state index in [0.29, 0.717) is 11.8 Å². The fourth-order valence-electron chi connectivity index (χ4n) is 1.85. The molecule has 0 bridgehead atoms. The number of aromatic nitrogens is 4. The summed E-state index contributed by atoms with van der Waals surface area (Å²) in [6.45, 7) is 3.92. The summed E-state index contributed by atoms with van der Waals surface area (Å²) in [7, 11) is 1.82. The van der Waals surface area contributed by atoms with E-state index in [2.05, 4.69) is 15.1 Å². The smallest absolute Gasteiger partial charge is 0.234 e. The molecule has 3 aromatic heterocycles. The number of nitrogens with zero attached hydrogens (tertiary/aromatic N) is 4. The molecule has 3 aromatic rings. The SMILES string of the molecule is Cc1cc(Oc2nc(Cl)nc3sc(C)cc23)n(C)n1. The second kappa shape index (κ2) is 4.47. The zero-order chi connectivity index (χ0) is 13.6. The van der Waals surface area contributed by atoms with E-state index in [1.54, 1.807) is 16.0 Å². The van der Waals surface area contributed by atoms with E-state index in [9.17, 15) is 0 Å². The average molecular weight is 295 g/mol. The Morgan fingerprint density at radius 2 is 2.05 bits per heavy atom. The van der Waals surface area contributed by atoms with Gasteiger partial charge in [-0.2, -0.15) is 10.1 Å². The first kappa shape index (κ1) is 12.4. The van der Waals surface area contributed by atoms with E-state index in [1.807, 2.05) is 33.0 Å². The van der Waals surface area contributed by atoms with Gasteiger partial charge in [0.05, 0.1) is 11.1 Å². The number of hydrogen-bond donors (Lipinski definition) is 0. The summed E-state index contributed by atoms with van der Waals surface area (Å²) in [5.74, 6) is 1.08. The van der Waals surface area contributed by atoms with E-state index in [0.717, 1.165) is 20.8 Å². The van der Waals surface area contributed by atoms with Gasteiger partial charge in [0, 0.05) is 18.0 Å². The molecule has 0 N–H and O–H groups in total. The molecule has 0 atom stereocenters. The third-order valence-electron chi connectivity index (χ3n) is 2.61. The molecular formula is C12H11ClN4OS. The Balaban J connectivity index is 2.11. The largest absolute Gasteiger partial charge is 0.420 e. The number of hydrogen-bond acceptors (Lipinski definition) is 5. The quantitative estimate of drug-likeness (QED) is 0.679. The van der Waals surface area contributed by atoms with Crippen LogP contribution in [0.5, 0.6) is 11.8 Å². The molecule has 98 valence electrons. The molecule has 0 saturated carbocycles. The number of rotatable bonds is 2. The van der Waals surface area contributed by atoms with Crippen molar-refractivity contribution in [3.05, 3.63) is 28.0 Å². The summed E-state index contributed by atoms with van der Waals surface area (Å²) in [4.78, 5) is 10.3. The van der Waals surface area contributed by atoms with E-state index >= 15 is 0 Å². The van der Waals surface area contributed by atoms with Crippen LogP contribution in [0.15, 0.2) is 12.1 Å². The van der Waals surface area contributed by atoms with Gasteiger partial charge < -0.3 is 4.74 Å². The highest BCUT2D eigenvalue weighted by atomic mass is 35.5. The zero-order valence-electron chi connectivity index (χ0n) is 10.6. The molecule has 0 aromatic carbocycles. The van der Waals surface area contributed by atoms with Gasteiger partial charge in [0.2, 0.25) is 17.0 Å². The number of fused-ring (bicyclic) bond motifs is 1. The number of halogens is 1. The summed E-state index contributed by atoms with van der Waals surface area (Å²) in [6, 6.07) is 3.84. The van der Waals surface area contributed by atoms with Crippen LogP contribution in [0.3, 0.4) is 0 Å². The van der Waals surface area contributed by atoms with Gasteiger partial charge in [-0.05, 0) is 31.5 Å². The Bertz CT molecular complexity index is 765. The van der Waals surface area contributed by atoms with E-state index in [4.69, 9.17) is 16.3 Å². The third-order valence-corrected chi connectivity index (χ3v) is 3.73. The maximum Gasteiger partial charge on any atom is 0.234 e. The predicted molar refractivity (Wildman–Crippen MR) is 75.2 cm³/mol. The molecule has 0 unspecified atom stereocenters. The summed E-state index contributed by atoms with van der Waals surface area (Å²) >= 11 is 7.49. The summed E-state index contributed by atoms with van der Waals surface area (Å²) in [6.07, 6.45) is 0. The first-order chi connectivity index (χ1) is 9.02.